The molecule has 0 saturated heterocycles. The number of rotatable bonds is 1. The maximum absolute atomic E-state index is 6.24. The van der Waals surface area contributed by atoms with E-state index in [0.29, 0.717) is 5.84 Å². The lowest BCUT2D eigenvalue weighted by Gasteiger charge is -2.05. The molecule has 6 rings (SSSR count). The van der Waals surface area contributed by atoms with Gasteiger partial charge in [0.05, 0.1) is 0 Å². The second kappa shape index (κ2) is 4.98. The zero-order chi connectivity index (χ0) is 18.1. The average molecular weight is 348 g/mol. The minimum atomic E-state index is 0.556. The molecule has 0 aliphatic heterocycles. The molecule has 0 atom stereocenters. The molecule has 1 aliphatic carbocycles. The van der Waals surface area contributed by atoms with Crippen LogP contribution in [0.1, 0.15) is 5.56 Å². The van der Waals surface area contributed by atoms with Gasteiger partial charge in [-0.05, 0) is 40.5 Å². The van der Waals surface area contributed by atoms with Crippen molar-refractivity contribution in [2.75, 3.05) is 7.05 Å². The lowest BCUT2D eigenvalue weighted by molar-refractivity contribution is 0.672. The minimum absolute atomic E-state index is 0.556. The number of amidine groups is 1. The Kier molecular flexibility index (Phi) is 2.69. The number of aliphatic imine (C=N–C) groups is 1. The number of para-hydroxylation sites is 1. The standard InChI is InChI=1S/C24H16N2O/c1-26-24(25)13-9-10-14-18(11-13)16-6-4-7-17-22(16)19(14)12-20-15-5-2-3-8-21(15)27-23(17)20/h2-12H,1H3,(H2,25,26). The largest absolute Gasteiger partial charge is 0.455 e. The molecule has 128 valence electrons. The van der Waals surface area contributed by atoms with E-state index in [1.807, 2.05) is 12.1 Å². The second-order valence-electron chi connectivity index (χ2n) is 7.00. The van der Waals surface area contributed by atoms with Crippen molar-refractivity contribution >= 4 is 38.5 Å². The van der Waals surface area contributed by atoms with Crippen molar-refractivity contribution in [1.82, 2.24) is 0 Å². The SMILES string of the molecule is CN=C(N)c1ccc2c(c1)-c1cccc3c1c-2cc1c2ccccc2oc31. The first kappa shape index (κ1) is 14.6. The average Bonchev–Trinajstić information content (AvgIpc) is 3.25. The van der Waals surface area contributed by atoms with Gasteiger partial charge in [-0.15, -0.1) is 0 Å². The van der Waals surface area contributed by atoms with Gasteiger partial charge in [0.25, 0.3) is 0 Å². The number of hydrogen-bond donors (Lipinski definition) is 1. The lowest BCUT2D eigenvalue weighted by atomic mass is 9.99. The molecule has 0 fully saturated rings. The number of nitrogens with zero attached hydrogens (tertiary/aromatic N) is 1. The van der Waals surface area contributed by atoms with Crippen LogP contribution >= 0.6 is 0 Å². The van der Waals surface area contributed by atoms with Gasteiger partial charge in [-0.2, -0.15) is 0 Å². The van der Waals surface area contributed by atoms with Crippen LogP contribution in [-0.4, -0.2) is 12.9 Å². The van der Waals surface area contributed by atoms with Gasteiger partial charge in [0.2, 0.25) is 0 Å². The summed E-state index contributed by atoms with van der Waals surface area (Å²) in [7, 11) is 1.72. The van der Waals surface area contributed by atoms with Crippen LogP contribution in [0.25, 0.3) is 55.0 Å². The number of fused-ring (bicyclic) bond motifs is 7. The molecule has 4 aromatic carbocycles. The number of hydrogen-bond acceptors (Lipinski definition) is 2. The summed E-state index contributed by atoms with van der Waals surface area (Å²) in [5, 5.41) is 4.73. The second-order valence-corrected chi connectivity index (χ2v) is 7.00. The van der Waals surface area contributed by atoms with Crippen LogP contribution in [0.2, 0.25) is 0 Å². The van der Waals surface area contributed by atoms with E-state index in [4.69, 9.17) is 10.2 Å². The Morgan fingerprint density at radius 1 is 0.778 bits per heavy atom. The molecule has 3 nitrogen and oxygen atoms in total. The van der Waals surface area contributed by atoms with Gasteiger partial charge < -0.3 is 10.2 Å². The number of nitrogens with two attached hydrogens (primary N) is 1. The maximum Gasteiger partial charge on any atom is 0.143 e. The van der Waals surface area contributed by atoms with Crippen LogP contribution in [0.15, 0.2) is 76.1 Å². The van der Waals surface area contributed by atoms with Crippen molar-refractivity contribution in [3.8, 4) is 22.3 Å². The van der Waals surface area contributed by atoms with Crippen molar-refractivity contribution in [1.29, 1.82) is 0 Å². The summed E-state index contributed by atoms with van der Waals surface area (Å²) in [5.41, 5.74) is 13.8. The quantitative estimate of drug-likeness (QED) is 0.305. The zero-order valence-electron chi connectivity index (χ0n) is 14.8. The van der Waals surface area contributed by atoms with E-state index in [1.165, 1.54) is 27.6 Å². The highest BCUT2D eigenvalue weighted by atomic mass is 16.3. The predicted molar refractivity (Wildman–Crippen MR) is 112 cm³/mol. The van der Waals surface area contributed by atoms with Gasteiger partial charge in [-0.1, -0.05) is 48.5 Å². The highest BCUT2D eigenvalue weighted by Gasteiger charge is 2.25. The number of benzene rings is 4. The molecule has 1 heterocycles. The smallest absolute Gasteiger partial charge is 0.143 e. The van der Waals surface area contributed by atoms with Crippen LogP contribution in [0.4, 0.5) is 0 Å². The van der Waals surface area contributed by atoms with E-state index in [9.17, 15) is 0 Å². The van der Waals surface area contributed by atoms with Crippen LogP contribution < -0.4 is 5.73 Å². The van der Waals surface area contributed by atoms with Gasteiger partial charge in [0, 0.05) is 34.2 Å². The van der Waals surface area contributed by atoms with E-state index in [0.717, 1.165) is 32.9 Å². The molecule has 1 aliphatic rings. The third kappa shape index (κ3) is 1.78. The van der Waals surface area contributed by atoms with Crippen molar-refractivity contribution in [2.24, 2.45) is 10.7 Å². The third-order valence-corrected chi connectivity index (χ3v) is 5.64. The molecule has 0 spiro atoms. The molecular weight excluding hydrogens is 332 g/mol. The van der Waals surface area contributed by atoms with Gasteiger partial charge in [0.15, 0.2) is 0 Å². The highest BCUT2D eigenvalue weighted by molar-refractivity contribution is 6.26. The van der Waals surface area contributed by atoms with E-state index >= 15 is 0 Å². The molecule has 0 saturated carbocycles. The maximum atomic E-state index is 6.24. The van der Waals surface area contributed by atoms with Crippen LogP contribution in [0.5, 0.6) is 0 Å². The Hall–Kier alpha value is -3.59. The Balaban J connectivity index is 1.78. The van der Waals surface area contributed by atoms with Crippen molar-refractivity contribution in [2.45, 2.75) is 0 Å². The Labute approximate surface area is 155 Å². The fraction of sp³-hybridized carbons (Fsp3) is 0.0417. The lowest BCUT2D eigenvalue weighted by Crippen LogP contribution is -2.12. The fourth-order valence-corrected chi connectivity index (χ4v) is 4.38. The van der Waals surface area contributed by atoms with Crippen molar-refractivity contribution < 1.29 is 4.42 Å². The van der Waals surface area contributed by atoms with E-state index in [2.05, 4.69) is 59.6 Å². The van der Waals surface area contributed by atoms with Gasteiger partial charge in [-0.3, -0.25) is 4.99 Å². The Morgan fingerprint density at radius 2 is 1.63 bits per heavy atom. The summed E-state index contributed by atoms with van der Waals surface area (Å²) in [6, 6.07) is 23.3. The van der Waals surface area contributed by atoms with E-state index in [-0.39, 0.29) is 0 Å². The summed E-state index contributed by atoms with van der Waals surface area (Å²) < 4.78 is 6.24. The van der Waals surface area contributed by atoms with Crippen molar-refractivity contribution in [3.63, 3.8) is 0 Å². The molecule has 0 unspecified atom stereocenters. The van der Waals surface area contributed by atoms with Crippen LogP contribution in [0.3, 0.4) is 0 Å². The first-order chi connectivity index (χ1) is 13.3. The predicted octanol–water partition coefficient (Wildman–Crippen LogP) is 5.72. The number of furan rings is 1. The zero-order valence-corrected chi connectivity index (χ0v) is 14.8. The van der Waals surface area contributed by atoms with Crippen molar-refractivity contribution in [3.05, 3.63) is 72.3 Å². The summed E-state index contributed by atoms with van der Waals surface area (Å²) in [4.78, 5) is 4.13. The Morgan fingerprint density at radius 3 is 2.52 bits per heavy atom. The molecule has 27 heavy (non-hydrogen) atoms. The van der Waals surface area contributed by atoms with Crippen LogP contribution in [0, 0.1) is 0 Å². The van der Waals surface area contributed by atoms with Gasteiger partial charge in [0.1, 0.15) is 17.0 Å². The molecule has 1 aromatic heterocycles. The monoisotopic (exact) mass is 348 g/mol. The van der Waals surface area contributed by atoms with E-state index in [1.54, 1.807) is 7.05 Å². The van der Waals surface area contributed by atoms with Crippen LogP contribution in [-0.2, 0) is 0 Å². The first-order valence-corrected chi connectivity index (χ1v) is 9.00. The molecule has 2 N–H and O–H groups in total. The summed E-state index contributed by atoms with van der Waals surface area (Å²) in [5.74, 6) is 0.556. The summed E-state index contributed by atoms with van der Waals surface area (Å²) in [6.45, 7) is 0. The first-order valence-electron chi connectivity index (χ1n) is 9.00. The third-order valence-electron chi connectivity index (χ3n) is 5.64. The minimum Gasteiger partial charge on any atom is -0.455 e. The molecular formula is C24H16N2O. The highest BCUT2D eigenvalue weighted by Crippen LogP contribution is 2.50. The Bertz CT molecular complexity index is 1440. The van der Waals surface area contributed by atoms with Gasteiger partial charge in [-0.25, -0.2) is 0 Å². The summed E-state index contributed by atoms with van der Waals surface area (Å²) in [6.07, 6.45) is 0. The fourth-order valence-electron chi connectivity index (χ4n) is 4.38. The molecule has 0 radical (unpaired) electrons. The van der Waals surface area contributed by atoms with E-state index < -0.39 is 0 Å². The molecule has 0 amide bonds. The normalized spacial score (nSPS) is 13.0. The molecule has 5 aromatic rings. The molecule has 0 bridgehead atoms. The summed E-state index contributed by atoms with van der Waals surface area (Å²) >= 11 is 0. The molecule has 3 heteroatoms. The topological polar surface area (TPSA) is 51.5 Å². The van der Waals surface area contributed by atoms with Gasteiger partial charge >= 0.3 is 0 Å².